The Labute approximate surface area is 122 Å². The molecule has 0 aliphatic carbocycles. The van der Waals surface area contributed by atoms with Crippen molar-refractivity contribution in [3.63, 3.8) is 0 Å². The van der Waals surface area contributed by atoms with Gasteiger partial charge in [-0.1, -0.05) is 6.92 Å². The van der Waals surface area contributed by atoms with Crippen molar-refractivity contribution in [1.29, 1.82) is 0 Å². The van der Waals surface area contributed by atoms with Gasteiger partial charge in [0.1, 0.15) is 0 Å². The molecule has 0 aromatic rings. The summed E-state index contributed by atoms with van der Waals surface area (Å²) in [5, 5.41) is 12.4. The van der Waals surface area contributed by atoms with Crippen LogP contribution >= 0.6 is 0 Å². The standard InChI is InChI=1S/C15H29N3O2/c1-2-15(5-3-6-16-13-15)14(20)18-8-4-7-17(9-10-18)11-12-19/h16,19H,2-13H2,1H3. The number of rotatable bonds is 4. The van der Waals surface area contributed by atoms with Crippen LogP contribution < -0.4 is 5.32 Å². The molecule has 0 radical (unpaired) electrons. The van der Waals surface area contributed by atoms with Gasteiger partial charge in [0.25, 0.3) is 0 Å². The van der Waals surface area contributed by atoms with Crippen LogP contribution in [0.2, 0.25) is 0 Å². The van der Waals surface area contributed by atoms with Crippen molar-refractivity contribution in [1.82, 2.24) is 15.1 Å². The molecule has 0 aromatic carbocycles. The van der Waals surface area contributed by atoms with Gasteiger partial charge in [-0.05, 0) is 38.8 Å². The summed E-state index contributed by atoms with van der Waals surface area (Å²) in [6, 6.07) is 0. The van der Waals surface area contributed by atoms with Crippen molar-refractivity contribution in [2.45, 2.75) is 32.6 Å². The number of aliphatic hydroxyl groups excluding tert-OH is 1. The van der Waals surface area contributed by atoms with Crippen LogP contribution in [0.5, 0.6) is 0 Å². The summed E-state index contributed by atoms with van der Waals surface area (Å²) in [4.78, 5) is 17.3. The summed E-state index contributed by atoms with van der Waals surface area (Å²) in [5.74, 6) is 0.345. The monoisotopic (exact) mass is 283 g/mol. The topological polar surface area (TPSA) is 55.8 Å². The summed E-state index contributed by atoms with van der Waals surface area (Å²) in [7, 11) is 0. The molecule has 2 heterocycles. The summed E-state index contributed by atoms with van der Waals surface area (Å²) in [6.45, 7) is 8.49. The van der Waals surface area contributed by atoms with Crippen LogP contribution in [0, 0.1) is 5.41 Å². The van der Waals surface area contributed by atoms with Gasteiger partial charge in [0.15, 0.2) is 0 Å². The van der Waals surface area contributed by atoms with Crippen LogP contribution in [-0.4, -0.2) is 73.2 Å². The Morgan fingerprint density at radius 3 is 2.75 bits per heavy atom. The number of nitrogens with one attached hydrogen (secondary N) is 1. The maximum Gasteiger partial charge on any atom is 0.230 e. The van der Waals surface area contributed by atoms with E-state index in [-0.39, 0.29) is 12.0 Å². The molecule has 1 amide bonds. The summed E-state index contributed by atoms with van der Waals surface area (Å²) in [6.07, 6.45) is 4.06. The quantitative estimate of drug-likeness (QED) is 0.779. The largest absolute Gasteiger partial charge is 0.395 e. The highest BCUT2D eigenvalue weighted by atomic mass is 16.3. The number of hydrogen-bond acceptors (Lipinski definition) is 4. The maximum absolute atomic E-state index is 12.9. The molecule has 2 N–H and O–H groups in total. The highest BCUT2D eigenvalue weighted by Gasteiger charge is 2.40. The minimum atomic E-state index is -0.176. The highest BCUT2D eigenvalue weighted by molar-refractivity contribution is 5.83. The zero-order chi connectivity index (χ0) is 14.4. The molecule has 5 heteroatoms. The smallest absolute Gasteiger partial charge is 0.230 e. The first kappa shape index (κ1) is 15.7. The fourth-order valence-electron chi connectivity index (χ4n) is 3.48. The Bertz CT molecular complexity index is 316. The van der Waals surface area contributed by atoms with Gasteiger partial charge in [0.2, 0.25) is 5.91 Å². The van der Waals surface area contributed by atoms with Crippen LogP contribution in [0.25, 0.3) is 0 Å². The molecule has 5 nitrogen and oxygen atoms in total. The SMILES string of the molecule is CCC1(C(=O)N2CCCN(CCO)CC2)CCCNC1. The molecule has 2 saturated heterocycles. The number of nitrogens with zero attached hydrogens (tertiary/aromatic N) is 2. The van der Waals surface area contributed by atoms with E-state index in [4.69, 9.17) is 5.11 Å². The van der Waals surface area contributed by atoms with E-state index in [0.717, 1.165) is 71.5 Å². The highest BCUT2D eigenvalue weighted by Crippen LogP contribution is 2.32. The van der Waals surface area contributed by atoms with Gasteiger partial charge in [0.05, 0.1) is 12.0 Å². The summed E-state index contributed by atoms with van der Waals surface area (Å²) in [5.41, 5.74) is -0.176. The van der Waals surface area contributed by atoms with Gasteiger partial charge in [-0.25, -0.2) is 0 Å². The van der Waals surface area contributed by atoms with Crippen molar-refractivity contribution < 1.29 is 9.90 Å². The Kier molecular flexibility index (Phi) is 5.81. The molecule has 2 aliphatic rings. The Balaban J connectivity index is 1.97. The third kappa shape index (κ3) is 3.51. The Hall–Kier alpha value is -0.650. The van der Waals surface area contributed by atoms with E-state index >= 15 is 0 Å². The molecule has 0 spiro atoms. The van der Waals surface area contributed by atoms with Crippen molar-refractivity contribution in [3.05, 3.63) is 0 Å². The first-order chi connectivity index (χ1) is 9.72. The average Bonchev–Trinajstić information content (AvgIpc) is 2.73. The van der Waals surface area contributed by atoms with Gasteiger partial charge in [0, 0.05) is 32.7 Å². The molecule has 116 valence electrons. The van der Waals surface area contributed by atoms with Gasteiger partial charge in [-0.15, -0.1) is 0 Å². The predicted molar refractivity (Wildman–Crippen MR) is 79.6 cm³/mol. The van der Waals surface area contributed by atoms with Crippen LogP contribution in [0.4, 0.5) is 0 Å². The van der Waals surface area contributed by atoms with Crippen molar-refractivity contribution in [2.75, 3.05) is 52.4 Å². The fourth-order valence-corrected chi connectivity index (χ4v) is 3.48. The zero-order valence-corrected chi connectivity index (χ0v) is 12.7. The molecule has 1 unspecified atom stereocenters. The molecule has 1 atom stereocenters. The second-order valence-corrected chi connectivity index (χ2v) is 6.13. The number of carbonyl (C=O) groups is 1. The van der Waals surface area contributed by atoms with Crippen LogP contribution in [-0.2, 0) is 4.79 Å². The lowest BCUT2D eigenvalue weighted by atomic mass is 9.77. The molecule has 2 rings (SSSR count). The Morgan fingerprint density at radius 2 is 2.10 bits per heavy atom. The van der Waals surface area contributed by atoms with E-state index in [1.54, 1.807) is 0 Å². The van der Waals surface area contributed by atoms with E-state index in [2.05, 4.69) is 22.0 Å². The maximum atomic E-state index is 12.9. The number of amides is 1. The van der Waals surface area contributed by atoms with Crippen LogP contribution in [0.3, 0.4) is 0 Å². The first-order valence-electron chi connectivity index (χ1n) is 8.05. The molecular formula is C15H29N3O2. The zero-order valence-electron chi connectivity index (χ0n) is 12.7. The lowest BCUT2D eigenvalue weighted by Gasteiger charge is -2.39. The summed E-state index contributed by atoms with van der Waals surface area (Å²) >= 11 is 0. The minimum Gasteiger partial charge on any atom is -0.395 e. The summed E-state index contributed by atoms with van der Waals surface area (Å²) < 4.78 is 0. The predicted octanol–water partition coefficient (Wildman–Crippen LogP) is 0.293. The molecule has 2 aliphatic heterocycles. The molecule has 0 aromatic heterocycles. The number of piperidine rings is 1. The molecule has 20 heavy (non-hydrogen) atoms. The van der Waals surface area contributed by atoms with E-state index in [1.165, 1.54) is 0 Å². The van der Waals surface area contributed by atoms with Gasteiger partial charge in [-0.3, -0.25) is 9.69 Å². The molecule has 0 bridgehead atoms. The van der Waals surface area contributed by atoms with E-state index < -0.39 is 0 Å². The van der Waals surface area contributed by atoms with E-state index in [9.17, 15) is 4.79 Å². The lowest BCUT2D eigenvalue weighted by Crippen LogP contribution is -2.52. The lowest BCUT2D eigenvalue weighted by molar-refractivity contribution is -0.143. The van der Waals surface area contributed by atoms with Crippen molar-refractivity contribution in [2.24, 2.45) is 5.41 Å². The van der Waals surface area contributed by atoms with E-state index in [1.807, 2.05) is 0 Å². The number of hydrogen-bond donors (Lipinski definition) is 2. The minimum absolute atomic E-state index is 0.176. The van der Waals surface area contributed by atoms with Crippen LogP contribution in [0.15, 0.2) is 0 Å². The number of β-amino-alcohol motifs (C(OH)–C–C–N with tert-alkyl or cyclic N) is 1. The first-order valence-corrected chi connectivity index (χ1v) is 8.05. The molecule has 2 fully saturated rings. The third-order valence-electron chi connectivity index (χ3n) is 4.89. The van der Waals surface area contributed by atoms with Gasteiger partial charge >= 0.3 is 0 Å². The number of aliphatic hydroxyl groups is 1. The third-order valence-corrected chi connectivity index (χ3v) is 4.89. The van der Waals surface area contributed by atoms with Crippen molar-refractivity contribution in [3.8, 4) is 0 Å². The fraction of sp³-hybridized carbons (Fsp3) is 0.933. The average molecular weight is 283 g/mol. The van der Waals surface area contributed by atoms with Crippen molar-refractivity contribution >= 4 is 5.91 Å². The molecule has 0 saturated carbocycles. The van der Waals surface area contributed by atoms with Gasteiger partial charge in [-0.2, -0.15) is 0 Å². The van der Waals surface area contributed by atoms with Crippen LogP contribution in [0.1, 0.15) is 32.6 Å². The van der Waals surface area contributed by atoms with E-state index in [0.29, 0.717) is 5.91 Å². The molecular weight excluding hydrogens is 254 g/mol. The van der Waals surface area contributed by atoms with Gasteiger partial charge < -0.3 is 15.3 Å². The second-order valence-electron chi connectivity index (χ2n) is 6.13. The second kappa shape index (κ2) is 7.38. The normalized spacial score (nSPS) is 29.2. The number of carbonyl (C=O) groups excluding carboxylic acids is 1. The Morgan fingerprint density at radius 1 is 1.25 bits per heavy atom.